The van der Waals surface area contributed by atoms with Crippen molar-refractivity contribution in [2.45, 2.75) is 12.5 Å². The maximum atomic E-state index is 5.46. The van der Waals surface area contributed by atoms with Crippen molar-refractivity contribution in [3.63, 3.8) is 0 Å². The molecule has 0 radical (unpaired) electrons. The first-order chi connectivity index (χ1) is 7.31. The Hall–Kier alpha value is -1.17. The van der Waals surface area contributed by atoms with Gasteiger partial charge in [0.25, 0.3) is 0 Å². The Labute approximate surface area is 89.6 Å². The lowest BCUT2D eigenvalue weighted by atomic mass is 10.1. The van der Waals surface area contributed by atoms with Gasteiger partial charge in [-0.2, -0.15) is 0 Å². The lowest BCUT2D eigenvalue weighted by Crippen LogP contribution is -2.29. The summed E-state index contributed by atoms with van der Waals surface area (Å²) in [4.78, 5) is 4.07. The summed E-state index contributed by atoms with van der Waals surface area (Å²) in [5.74, 6) is 6.19. The summed E-state index contributed by atoms with van der Waals surface area (Å²) in [5, 5.41) is 0. The van der Waals surface area contributed by atoms with E-state index < -0.39 is 0 Å². The fourth-order valence-electron chi connectivity index (χ4n) is 1.32. The van der Waals surface area contributed by atoms with Gasteiger partial charge in [-0.15, -0.1) is 0 Å². The number of aromatic nitrogens is 1. The molecule has 0 aromatic carbocycles. The number of pyridine rings is 1. The van der Waals surface area contributed by atoms with Crippen LogP contribution in [0.4, 0.5) is 0 Å². The van der Waals surface area contributed by atoms with Gasteiger partial charge in [0.05, 0.1) is 13.3 Å². The van der Waals surface area contributed by atoms with Gasteiger partial charge in [-0.05, 0) is 18.1 Å². The molecule has 5 nitrogen and oxygen atoms in total. The van der Waals surface area contributed by atoms with Crippen molar-refractivity contribution in [2.24, 2.45) is 5.84 Å². The van der Waals surface area contributed by atoms with Crippen LogP contribution in [0.3, 0.4) is 0 Å². The molecule has 1 rings (SSSR count). The SMILES string of the molecule is COCCC(NN)c1cncc(OC)c1. The first-order valence-corrected chi connectivity index (χ1v) is 4.75. The molecule has 0 aliphatic heterocycles. The van der Waals surface area contributed by atoms with Gasteiger partial charge in [-0.25, -0.2) is 0 Å². The van der Waals surface area contributed by atoms with E-state index in [1.165, 1.54) is 0 Å². The number of methoxy groups -OCH3 is 2. The summed E-state index contributed by atoms with van der Waals surface area (Å²) in [7, 11) is 3.28. The third-order valence-electron chi connectivity index (χ3n) is 2.18. The van der Waals surface area contributed by atoms with Gasteiger partial charge >= 0.3 is 0 Å². The molecule has 0 fully saturated rings. The van der Waals surface area contributed by atoms with Crippen molar-refractivity contribution in [2.75, 3.05) is 20.8 Å². The molecule has 1 heterocycles. The molecule has 84 valence electrons. The second-order valence-electron chi connectivity index (χ2n) is 3.16. The standard InChI is InChI=1S/C10H17N3O2/c1-14-4-3-10(13-11)8-5-9(15-2)7-12-6-8/h5-7,10,13H,3-4,11H2,1-2H3. The van der Waals surface area contributed by atoms with Crippen LogP contribution in [-0.4, -0.2) is 25.8 Å². The van der Waals surface area contributed by atoms with Gasteiger partial charge in [0.2, 0.25) is 0 Å². The summed E-state index contributed by atoms with van der Waals surface area (Å²) in [6.07, 6.45) is 4.22. The van der Waals surface area contributed by atoms with Gasteiger partial charge in [0.15, 0.2) is 0 Å². The quantitative estimate of drug-likeness (QED) is 0.533. The number of hydrogen-bond acceptors (Lipinski definition) is 5. The molecule has 3 N–H and O–H groups in total. The highest BCUT2D eigenvalue weighted by Crippen LogP contribution is 2.19. The molecule has 0 spiro atoms. The van der Waals surface area contributed by atoms with Crippen molar-refractivity contribution in [3.05, 3.63) is 24.0 Å². The van der Waals surface area contributed by atoms with Crippen LogP contribution in [-0.2, 0) is 4.74 Å². The molecule has 1 unspecified atom stereocenters. The van der Waals surface area contributed by atoms with E-state index in [0.717, 1.165) is 17.7 Å². The van der Waals surface area contributed by atoms with E-state index >= 15 is 0 Å². The molecule has 0 saturated carbocycles. The fraction of sp³-hybridized carbons (Fsp3) is 0.500. The van der Waals surface area contributed by atoms with Crippen molar-refractivity contribution >= 4 is 0 Å². The van der Waals surface area contributed by atoms with E-state index in [9.17, 15) is 0 Å². The molecule has 1 aromatic heterocycles. The zero-order valence-electron chi connectivity index (χ0n) is 9.06. The third-order valence-corrected chi connectivity index (χ3v) is 2.18. The van der Waals surface area contributed by atoms with Gasteiger partial charge < -0.3 is 9.47 Å². The average molecular weight is 211 g/mol. The molecule has 0 bridgehead atoms. The molecular weight excluding hydrogens is 194 g/mol. The number of ether oxygens (including phenoxy) is 2. The summed E-state index contributed by atoms with van der Waals surface area (Å²) in [6, 6.07) is 1.94. The Morgan fingerprint density at radius 3 is 2.87 bits per heavy atom. The molecule has 1 atom stereocenters. The van der Waals surface area contributed by atoms with Crippen LogP contribution in [0.15, 0.2) is 18.5 Å². The van der Waals surface area contributed by atoms with Gasteiger partial charge in [-0.3, -0.25) is 16.3 Å². The van der Waals surface area contributed by atoms with Crippen molar-refractivity contribution < 1.29 is 9.47 Å². The summed E-state index contributed by atoms with van der Waals surface area (Å²) in [6.45, 7) is 0.645. The zero-order valence-corrected chi connectivity index (χ0v) is 9.06. The predicted octanol–water partition coefficient (Wildman–Crippen LogP) is 0.631. The van der Waals surface area contributed by atoms with Crippen molar-refractivity contribution in [1.82, 2.24) is 10.4 Å². The average Bonchev–Trinajstić information content (AvgIpc) is 2.30. The minimum atomic E-state index is 0.0348. The normalized spacial score (nSPS) is 12.5. The first kappa shape index (κ1) is 11.9. The number of nitrogens with one attached hydrogen (secondary N) is 1. The highest BCUT2D eigenvalue weighted by atomic mass is 16.5. The van der Waals surface area contributed by atoms with E-state index in [1.54, 1.807) is 26.6 Å². The largest absolute Gasteiger partial charge is 0.495 e. The number of hydrogen-bond donors (Lipinski definition) is 2. The van der Waals surface area contributed by atoms with Gasteiger partial charge in [0.1, 0.15) is 5.75 Å². The third kappa shape index (κ3) is 3.47. The number of hydrazine groups is 1. The molecule has 0 aliphatic rings. The Balaban J connectivity index is 2.72. The van der Waals surface area contributed by atoms with Crippen LogP contribution in [0.2, 0.25) is 0 Å². The summed E-state index contributed by atoms with van der Waals surface area (Å²) < 4.78 is 10.1. The zero-order chi connectivity index (χ0) is 11.1. The number of rotatable bonds is 6. The molecule has 0 saturated heterocycles. The molecule has 5 heteroatoms. The first-order valence-electron chi connectivity index (χ1n) is 4.75. The lowest BCUT2D eigenvalue weighted by Gasteiger charge is -2.15. The monoisotopic (exact) mass is 211 g/mol. The molecule has 15 heavy (non-hydrogen) atoms. The van der Waals surface area contributed by atoms with Crippen LogP contribution in [0, 0.1) is 0 Å². The number of nitrogens with two attached hydrogens (primary N) is 1. The Morgan fingerprint density at radius 1 is 1.47 bits per heavy atom. The Morgan fingerprint density at radius 2 is 2.27 bits per heavy atom. The summed E-state index contributed by atoms with van der Waals surface area (Å²) >= 11 is 0. The molecule has 0 aliphatic carbocycles. The van der Waals surface area contributed by atoms with E-state index in [1.807, 2.05) is 6.07 Å². The van der Waals surface area contributed by atoms with Crippen LogP contribution < -0.4 is 16.0 Å². The Kier molecular flexibility index (Phi) is 5.03. The van der Waals surface area contributed by atoms with Crippen LogP contribution >= 0.6 is 0 Å². The Bertz CT molecular complexity index is 294. The van der Waals surface area contributed by atoms with Gasteiger partial charge in [0, 0.05) is 26.0 Å². The highest BCUT2D eigenvalue weighted by molar-refractivity contribution is 5.25. The summed E-state index contributed by atoms with van der Waals surface area (Å²) in [5.41, 5.74) is 3.72. The second-order valence-corrected chi connectivity index (χ2v) is 3.16. The van der Waals surface area contributed by atoms with Crippen molar-refractivity contribution in [1.29, 1.82) is 0 Å². The molecule has 1 aromatic rings. The second kappa shape index (κ2) is 6.34. The van der Waals surface area contributed by atoms with Gasteiger partial charge in [-0.1, -0.05) is 0 Å². The van der Waals surface area contributed by atoms with E-state index in [-0.39, 0.29) is 6.04 Å². The maximum Gasteiger partial charge on any atom is 0.137 e. The van der Waals surface area contributed by atoms with E-state index in [2.05, 4.69) is 10.4 Å². The predicted molar refractivity (Wildman–Crippen MR) is 57.3 cm³/mol. The van der Waals surface area contributed by atoms with Crippen LogP contribution in [0.5, 0.6) is 5.75 Å². The lowest BCUT2D eigenvalue weighted by molar-refractivity contribution is 0.183. The van der Waals surface area contributed by atoms with Crippen molar-refractivity contribution in [3.8, 4) is 5.75 Å². The molecular formula is C10H17N3O2. The smallest absolute Gasteiger partial charge is 0.137 e. The molecule has 0 amide bonds. The minimum absolute atomic E-state index is 0.0348. The minimum Gasteiger partial charge on any atom is -0.495 e. The maximum absolute atomic E-state index is 5.46. The van der Waals surface area contributed by atoms with Crippen LogP contribution in [0.25, 0.3) is 0 Å². The van der Waals surface area contributed by atoms with E-state index in [0.29, 0.717) is 6.61 Å². The fourth-order valence-corrected chi connectivity index (χ4v) is 1.32. The highest BCUT2D eigenvalue weighted by Gasteiger charge is 2.10. The van der Waals surface area contributed by atoms with Crippen LogP contribution in [0.1, 0.15) is 18.0 Å². The van der Waals surface area contributed by atoms with E-state index in [4.69, 9.17) is 15.3 Å². The topological polar surface area (TPSA) is 69.4 Å². The number of nitrogens with zero attached hydrogens (tertiary/aromatic N) is 1.